The number of benzene rings is 1. The maximum absolute atomic E-state index is 15.1. The fourth-order valence-electron chi connectivity index (χ4n) is 3.81. The van der Waals surface area contributed by atoms with E-state index >= 15 is 4.39 Å². The van der Waals surface area contributed by atoms with E-state index < -0.39 is 30.6 Å². The van der Waals surface area contributed by atoms with Gasteiger partial charge in [-0.2, -0.15) is 0 Å². The lowest BCUT2D eigenvalue weighted by atomic mass is 10.0. The number of hydrogen-bond donors (Lipinski definition) is 1. The lowest BCUT2D eigenvalue weighted by Gasteiger charge is -2.22. The van der Waals surface area contributed by atoms with Crippen molar-refractivity contribution < 1.29 is 17.7 Å². The molecule has 1 N–H and O–H groups in total. The van der Waals surface area contributed by atoms with Gasteiger partial charge in [0.2, 0.25) is 0 Å². The highest BCUT2D eigenvalue weighted by Crippen LogP contribution is 2.38. The molecule has 3 aromatic heterocycles. The molecule has 182 valence electrons. The summed E-state index contributed by atoms with van der Waals surface area (Å²) in [5, 5.41) is 3.42. The Bertz CT molecular complexity index is 1470. The highest BCUT2D eigenvalue weighted by atomic mass is 35.5. The minimum atomic E-state index is -2.58. The van der Waals surface area contributed by atoms with E-state index in [2.05, 4.69) is 20.3 Å². The number of fused-ring (bicyclic) bond motifs is 1. The quantitative estimate of drug-likeness (QED) is 0.282. The van der Waals surface area contributed by atoms with Crippen LogP contribution in [0.1, 0.15) is 30.6 Å². The molecule has 0 aliphatic heterocycles. The number of nitrogens with one attached hydrogen (secondary N) is 1. The second-order valence-electron chi connectivity index (χ2n) is 8.58. The zero-order valence-electron chi connectivity index (χ0n) is 19.5. The first-order chi connectivity index (χ1) is 16.5. The van der Waals surface area contributed by atoms with Crippen LogP contribution >= 0.6 is 18.7 Å². The van der Waals surface area contributed by atoms with E-state index in [0.29, 0.717) is 28.8 Å². The molecule has 0 fully saturated rings. The number of aromatic nitrogens is 3. The predicted octanol–water partition coefficient (Wildman–Crippen LogP) is 6.88. The summed E-state index contributed by atoms with van der Waals surface area (Å²) < 4.78 is 55.8. The number of pyridine rings is 3. The normalized spacial score (nSPS) is 12.7. The van der Waals surface area contributed by atoms with Crippen molar-refractivity contribution in [1.29, 1.82) is 0 Å². The summed E-state index contributed by atoms with van der Waals surface area (Å²) >= 11 is 6.57. The van der Waals surface area contributed by atoms with E-state index in [1.165, 1.54) is 24.4 Å². The van der Waals surface area contributed by atoms with Crippen molar-refractivity contribution in [3.63, 3.8) is 0 Å². The van der Waals surface area contributed by atoms with Gasteiger partial charge in [-0.05, 0) is 44.9 Å². The van der Waals surface area contributed by atoms with Crippen LogP contribution in [0.5, 0.6) is 0 Å². The molecule has 1 atom stereocenters. The number of hydrogen-bond acceptors (Lipinski definition) is 5. The lowest BCUT2D eigenvalue weighted by Crippen LogP contribution is -2.14. The summed E-state index contributed by atoms with van der Waals surface area (Å²) in [6.45, 7) is 6.68. The smallest absolute Gasteiger partial charge is 0.164 e. The van der Waals surface area contributed by atoms with Gasteiger partial charge in [0.05, 0.1) is 33.4 Å². The molecule has 5 nitrogen and oxygen atoms in total. The number of rotatable bonds is 6. The van der Waals surface area contributed by atoms with Gasteiger partial charge in [0, 0.05) is 23.4 Å². The van der Waals surface area contributed by atoms with Gasteiger partial charge in [-0.15, -0.1) is 0 Å². The average molecular weight is 519 g/mol. The van der Waals surface area contributed by atoms with Crippen LogP contribution < -0.4 is 10.8 Å². The minimum Gasteiger partial charge on any atom is -0.375 e. The maximum Gasteiger partial charge on any atom is 0.164 e. The summed E-state index contributed by atoms with van der Waals surface area (Å²) in [5.41, 5.74) is 2.24. The number of halogens is 4. The van der Waals surface area contributed by atoms with Crippen LogP contribution in [-0.2, 0) is 4.57 Å². The van der Waals surface area contributed by atoms with Gasteiger partial charge in [0.15, 0.2) is 17.5 Å². The maximum atomic E-state index is 15.1. The number of nitrogens with zero attached hydrogens (tertiary/aromatic N) is 3. The highest BCUT2D eigenvalue weighted by molar-refractivity contribution is 7.69. The topological polar surface area (TPSA) is 67.8 Å². The second-order valence-corrected chi connectivity index (χ2v) is 12.1. The van der Waals surface area contributed by atoms with Gasteiger partial charge in [-0.1, -0.05) is 30.7 Å². The Kier molecular flexibility index (Phi) is 6.89. The molecule has 4 aromatic rings. The molecule has 10 heteroatoms. The molecule has 0 amide bonds. The Morgan fingerprint density at radius 3 is 2.46 bits per heavy atom. The van der Waals surface area contributed by atoms with Gasteiger partial charge in [0.25, 0.3) is 0 Å². The van der Waals surface area contributed by atoms with Gasteiger partial charge >= 0.3 is 0 Å². The summed E-state index contributed by atoms with van der Waals surface area (Å²) in [5.74, 6) is -2.52. The zero-order chi connectivity index (χ0) is 25.5. The molecule has 0 radical (unpaired) electrons. The molecule has 0 unspecified atom stereocenters. The van der Waals surface area contributed by atoms with Crippen molar-refractivity contribution in [2.45, 2.75) is 26.3 Å². The van der Waals surface area contributed by atoms with Crippen molar-refractivity contribution in [1.82, 2.24) is 15.0 Å². The van der Waals surface area contributed by atoms with Crippen LogP contribution in [0.15, 0.2) is 42.6 Å². The van der Waals surface area contributed by atoms with Crippen LogP contribution in [0.4, 0.5) is 18.9 Å². The van der Waals surface area contributed by atoms with Crippen molar-refractivity contribution >= 4 is 40.9 Å². The Hall–Kier alpha value is -2.96. The molecule has 35 heavy (non-hydrogen) atoms. The largest absolute Gasteiger partial charge is 0.375 e. The molecule has 0 saturated carbocycles. The molecule has 0 bridgehead atoms. The molecular weight excluding hydrogens is 496 g/mol. The van der Waals surface area contributed by atoms with E-state index in [-0.39, 0.29) is 27.3 Å². The summed E-state index contributed by atoms with van der Waals surface area (Å²) in [6, 6.07) is 7.78. The van der Waals surface area contributed by atoms with Crippen LogP contribution in [0, 0.1) is 24.4 Å². The molecular formula is C25H23ClF3N4OP. The molecule has 0 saturated heterocycles. The second kappa shape index (κ2) is 9.59. The first kappa shape index (κ1) is 25.1. The predicted molar refractivity (Wildman–Crippen MR) is 135 cm³/mol. The Labute approximate surface area is 206 Å². The van der Waals surface area contributed by atoms with Crippen molar-refractivity contribution in [3.05, 3.63) is 76.3 Å². The van der Waals surface area contributed by atoms with Gasteiger partial charge in [0.1, 0.15) is 18.4 Å². The Morgan fingerprint density at radius 2 is 1.83 bits per heavy atom. The van der Waals surface area contributed by atoms with E-state index in [9.17, 15) is 13.3 Å². The highest BCUT2D eigenvalue weighted by Gasteiger charge is 2.22. The monoisotopic (exact) mass is 518 g/mol. The first-order valence-electron chi connectivity index (χ1n) is 10.9. The third kappa shape index (κ3) is 4.91. The zero-order valence-corrected chi connectivity index (χ0v) is 21.2. The molecule has 0 aliphatic rings. The summed E-state index contributed by atoms with van der Waals surface area (Å²) in [7, 11) is -2.58. The summed E-state index contributed by atoms with van der Waals surface area (Å²) in [4.78, 5) is 13.1. The average Bonchev–Trinajstić information content (AvgIpc) is 2.81. The van der Waals surface area contributed by atoms with Crippen LogP contribution in [0.3, 0.4) is 0 Å². The standard InChI is InChI=1S/C25H23ClF3N4OP/c1-5-18(15-7-6-8-16(27)22(15)29)32-25-21(26)13(2)31-19-11-17(28)23(33-24(19)25)14-9-10-20(30-12-14)35(3,4)34/h6-12,18H,5H2,1-4H3,(H,31,32)/t18-/m0/s1. The molecule has 1 aromatic carbocycles. The van der Waals surface area contributed by atoms with Crippen molar-refractivity contribution in [3.8, 4) is 11.3 Å². The number of anilines is 1. The minimum absolute atomic E-state index is 0.00772. The van der Waals surface area contributed by atoms with Crippen LogP contribution in [0.25, 0.3) is 22.3 Å². The van der Waals surface area contributed by atoms with Gasteiger partial charge < -0.3 is 9.88 Å². The van der Waals surface area contributed by atoms with E-state index in [0.717, 1.165) is 6.07 Å². The Balaban J connectivity index is 1.86. The van der Waals surface area contributed by atoms with E-state index in [1.54, 1.807) is 32.4 Å². The van der Waals surface area contributed by atoms with Crippen molar-refractivity contribution in [2.24, 2.45) is 0 Å². The number of aryl methyl sites for hydroxylation is 1. The first-order valence-corrected chi connectivity index (χ1v) is 13.9. The van der Waals surface area contributed by atoms with E-state index in [1.807, 2.05) is 6.92 Å². The fraction of sp³-hybridized carbons (Fsp3) is 0.240. The molecule has 0 spiro atoms. The Morgan fingerprint density at radius 1 is 1.09 bits per heavy atom. The molecule has 0 aliphatic carbocycles. The molecule has 4 rings (SSSR count). The fourth-order valence-corrected chi connectivity index (χ4v) is 4.76. The van der Waals surface area contributed by atoms with Gasteiger partial charge in [-0.3, -0.25) is 4.98 Å². The third-order valence-corrected chi connectivity index (χ3v) is 7.51. The lowest BCUT2D eigenvalue weighted by molar-refractivity contribution is 0.490. The SMILES string of the molecule is CC[C@H](Nc1c(Cl)c(C)nc2cc(F)c(-c3ccc(P(C)(C)=O)nc3)nc12)c1cccc(F)c1F. The van der Waals surface area contributed by atoms with Crippen LogP contribution in [-0.4, -0.2) is 28.3 Å². The van der Waals surface area contributed by atoms with Gasteiger partial charge in [-0.25, -0.2) is 23.1 Å². The molecule has 3 heterocycles. The summed E-state index contributed by atoms with van der Waals surface area (Å²) in [6.07, 6.45) is 1.83. The van der Waals surface area contributed by atoms with E-state index in [4.69, 9.17) is 11.6 Å². The van der Waals surface area contributed by atoms with Crippen LogP contribution in [0.2, 0.25) is 5.02 Å². The van der Waals surface area contributed by atoms with Crippen molar-refractivity contribution in [2.75, 3.05) is 18.6 Å². The third-order valence-electron chi connectivity index (χ3n) is 5.67.